The fourth-order valence-corrected chi connectivity index (χ4v) is 1.47. The first-order valence-electron chi connectivity index (χ1n) is 5.90. The van der Waals surface area contributed by atoms with Crippen molar-refractivity contribution in [3.05, 3.63) is 23.2 Å². The Hall–Kier alpha value is -2.02. The lowest BCUT2D eigenvalue weighted by atomic mass is 10.2. The van der Waals surface area contributed by atoms with Gasteiger partial charge in [-0.25, -0.2) is 9.59 Å². The molecule has 0 spiro atoms. The maximum atomic E-state index is 11.2. The van der Waals surface area contributed by atoms with Crippen molar-refractivity contribution in [3.63, 3.8) is 0 Å². The zero-order valence-electron chi connectivity index (χ0n) is 11.3. The highest BCUT2D eigenvalue weighted by molar-refractivity contribution is 5.88. The van der Waals surface area contributed by atoms with Gasteiger partial charge >= 0.3 is 12.0 Å². The highest BCUT2D eigenvalue weighted by atomic mass is 16.4. The Bertz CT molecular complexity index is 454. The fourth-order valence-electron chi connectivity index (χ4n) is 1.47. The number of furan rings is 1. The second-order valence-electron chi connectivity index (χ2n) is 4.29. The Balaban J connectivity index is 2.28. The summed E-state index contributed by atoms with van der Waals surface area (Å²) in [4.78, 5) is 23.5. The molecule has 0 atom stereocenters. The summed E-state index contributed by atoms with van der Waals surface area (Å²) in [6, 6.07) is 1.35. The van der Waals surface area contributed by atoms with Crippen molar-refractivity contribution in [2.24, 2.45) is 0 Å². The lowest BCUT2D eigenvalue weighted by Gasteiger charge is -2.11. The molecule has 0 radical (unpaired) electrons. The highest BCUT2D eigenvalue weighted by Crippen LogP contribution is 2.14. The molecule has 0 saturated heterocycles. The van der Waals surface area contributed by atoms with Crippen LogP contribution in [-0.4, -0.2) is 49.2 Å². The van der Waals surface area contributed by atoms with Gasteiger partial charge in [-0.3, -0.25) is 0 Å². The van der Waals surface area contributed by atoms with Crippen LogP contribution in [0, 0.1) is 6.92 Å². The predicted octanol–water partition coefficient (Wildman–Crippen LogP) is 0.647. The first-order valence-corrected chi connectivity index (χ1v) is 5.90. The second kappa shape index (κ2) is 6.79. The summed E-state index contributed by atoms with van der Waals surface area (Å²) in [6.07, 6.45) is 0. The molecule has 19 heavy (non-hydrogen) atoms. The van der Waals surface area contributed by atoms with Gasteiger partial charge in [-0.15, -0.1) is 0 Å². The zero-order valence-corrected chi connectivity index (χ0v) is 11.3. The molecule has 7 heteroatoms. The molecule has 3 N–H and O–H groups in total. The normalized spacial score (nSPS) is 10.3. The van der Waals surface area contributed by atoms with E-state index in [1.807, 2.05) is 0 Å². The molecule has 1 rings (SSSR count). The van der Waals surface area contributed by atoms with Gasteiger partial charge in [0.2, 0.25) is 0 Å². The molecule has 106 valence electrons. The zero-order chi connectivity index (χ0) is 14.4. The Kier molecular flexibility index (Phi) is 5.37. The second-order valence-corrected chi connectivity index (χ2v) is 4.29. The molecular formula is C12H19N3O4. The van der Waals surface area contributed by atoms with Crippen LogP contribution in [0.4, 0.5) is 4.79 Å². The van der Waals surface area contributed by atoms with Gasteiger partial charge in [0.1, 0.15) is 17.1 Å². The number of hydrogen-bond acceptors (Lipinski definition) is 4. The van der Waals surface area contributed by atoms with E-state index in [-0.39, 0.29) is 11.6 Å². The number of urea groups is 1. The Morgan fingerprint density at radius 1 is 1.37 bits per heavy atom. The molecule has 0 aliphatic heterocycles. The molecule has 0 bridgehead atoms. The van der Waals surface area contributed by atoms with Crippen molar-refractivity contribution in [1.29, 1.82) is 0 Å². The van der Waals surface area contributed by atoms with Gasteiger partial charge in [-0.05, 0) is 13.0 Å². The summed E-state index contributed by atoms with van der Waals surface area (Å²) in [6.45, 7) is 3.10. The molecule has 0 aliphatic carbocycles. The van der Waals surface area contributed by atoms with Gasteiger partial charge < -0.3 is 25.1 Å². The third-order valence-corrected chi connectivity index (χ3v) is 2.48. The van der Waals surface area contributed by atoms with Crippen LogP contribution >= 0.6 is 0 Å². The average Bonchev–Trinajstić information content (AvgIpc) is 2.69. The Labute approximate surface area is 111 Å². The number of amides is 2. The minimum Gasteiger partial charge on any atom is -0.478 e. The lowest BCUT2D eigenvalue weighted by Crippen LogP contribution is -2.38. The van der Waals surface area contributed by atoms with Crippen LogP contribution in [-0.2, 0) is 6.54 Å². The number of hydrogen-bond donors (Lipinski definition) is 3. The van der Waals surface area contributed by atoms with Gasteiger partial charge in [-0.2, -0.15) is 0 Å². The molecular weight excluding hydrogens is 250 g/mol. The van der Waals surface area contributed by atoms with Gasteiger partial charge in [0.05, 0.1) is 6.54 Å². The topological polar surface area (TPSA) is 94.8 Å². The number of carbonyl (C=O) groups is 2. The average molecular weight is 269 g/mol. The summed E-state index contributed by atoms with van der Waals surface area (Å²) in [5.41, 5.74) is 0.178. The molecule has 1 aromatic rings. The number of aromatic carboxylic acids is 1. The lowest BCUT2D eigenvalue weighted by molar-refractivity contribution is 0.0695. The first kappa shape index (κ1) is 15.0. The van der Waals surface area contributed by atoms with Crippen LogP contribution in [0.3, 0.4) is 0 Å². The maximum Gasteiger partial charge on any atom is 0.339 e. The van der Waals surface area contributed by atoms with Crippen molar-refractivity contribution in [2.45, 2.75) is 13.5 Å². The monoisotopic (exact) mass is 269 g/mol. The molecule has 0 aliphatic rings. The smallest absolute Gasteiger partial charge is 0.339 e. The summed E-state index contributed by atoms with van der Waals surface area (Å²) in [5, 5.41) is 14.6. The van der Waals surface area contributed by atoms with Crippen molar-refractivity contribution in [1.82, 2.24) is 15.5 Å². The number of aryl methyl sites for hydroxylation is 1. The SMILES string of the molecule is Cc1oc(CNCCNC(=O)N(C)C)cc1C(=O)O. The minimum atomic E-state index is -0.995. The van der Waals surface area contributed by atoms with Crippen molar-refractivity contribution < 1.29 is 19.1 Å². The predicted molar refractivity (Wildman–Crippen MR) is 69.2 cm³/mol. The van der Waals surface area contributed by atoms with E-state index in [2.05, 4.69) is 10.6 Å². The standard InChI is InChI=1S/C12H19N3O4/c1-8-10(11(16)17)6-9(19-8)7-13-4-5-14-12(18)15(2)3/h6,13H,4-5,7H2,1-3H3,(H,14,18)(H,16,17). The first-order chi connectivity index (χ1) is 8.91. The summed E-state index contributed by atoms with van der Waals surface area (Å²) in [7, 11) is 3.34. The quantitative estimate of drug-likeness (QED) is 0.659. The summed E-state index contributed by atoms with van der Waals surface area (Å²) >= 11 is 0. The van der Waals surface area contributed by atoms with Crippen LogP contribution in [0.5, 0.6) is 0 Å². The molecule has 0 unspecified atom stereocenters. The maximum absolute atomic E-state index is 11.2. The number of rotatable bonds is 6. The van der Waals surface area contributed by atoms with Crippen molar-refractivity contribution >= 4 is 12.0 Å². The molecule has 0 fully saturated rings. The largest absolute Gasteiger partial charge is 0.478 e. The molecule has 0 aromatic carbocycles. The van der Waals surface area contributed by atoms with Crippen LogP contribution < -0.4 is 10.6 Å². The number of nitrogens with one attached hydrogen (secondary N) is 2. The van der Waals surface area contributed by atoms with Crippen LogP contribution in [0.1, 0.15) is 21.9 Å². The Morgan fingerprint density at radius 3 is 2.58 bits per heavy atom. The Morgan fingerprint density at radius 2 is 2.05 bits per heavy atom. The summed E-state index contributed by atoms with van der Waals surface area (Å²) < 4.78 is 5.30. The minimum absolute atomic E-state index is 0.149. The third kappa shape index (κ3) is 4.63. The molecule has 1 aromatic heterocycles. The van der Waals surface area contributed by atoms with E-state index in [1.165, 1.54) is 11.0 Å². The molecule has 1 heterocycles. The van der Waals surface area contributed by atoms with Crippen LogP contribution in [0.15, 0.2) is 10.5 Å². The van der Waals surface area contributed by atoms with Gasteiger partial charge in [0, 0.05) is 27.2 Å². The van der Waals surface area contributed by atoms with Crippen LogP contribution in [0.2, 0.25) is 0 Å². The van der Waals surface area contributed by atoms with E-state index in [9.17, 15) is 9.59 Å². The molecule has 2 amide bonds. The van der Waals surface area contributed by atoms with Crippen LogP contribution in [0.25, 0.3) is 0 Å². The number of nitrogens with zero attached hydrogens (tertiary/aromatic N) is 1. The van der Waals surface area contributed by atoms with E-state index in [0.29, 0.717) is 31.2 Å². The van der Waals surface area contributed by atoms with Gasteiger partial charge in [-0.1, -0.05) is 0 Å². The molecule has 0 saturated carbocycles. The number of carboxylic acid groups (broad SMARTS) is 1. The van der Waals surface area contributed by atoms with Crippen molar-refractivity contribution in [3.8, 4) is 0 Å². The van der Waals surface area contributed by atoms with Gasteiger partial charge in [0.25, 0.3) is 0 Å². The molecule has 7 nitrogen and oxygen atoms in total. The van der Waals surface area contributed by atoms with E-state index in [0.717, 1.165) is 0 Å². The fraction of sp³-hybridized carbons (Fsp3) is 0.500. The van der Waals surface area contributed by atoms with Crippen molar-refractivity contribution in [2.75, 3.05) is 27.2 Å². The van der Waals surface area contributed by atoms with E-state index >= 15 is 0 Å². The van der Waals surface area contributed by atoms with E-state index in [4.69, 9.17) is 9.52 Å². The number of carboxylic acids is 1. The third-order valence-electron chi connectivity index (χ3n) is 2.48. The van der Waals surface area contributed by atoms with E-state index < -0.39 is 5.97 Å². The highest BCUT2D eigenvalue weighted by Gasteiger charge is 2.13. The number of carbonyl (C=O) groups excluding carboxylic acids is 1. The van der Waals surface area contributed by atoms with Gasteiger partial charge in [0.15, 0.2) is 0 Å². The summed E-state index contributed by atoms with van der Waals surface area (Å²) in [5.74, 6) is -0.0372. The van der Waals surface area contributed by atoms with E-state index in [1.54, 1.807) is 21.0 Å².